The van der Waals surface area contributed by atoms with Gasteiger partial charge in [-0.1, -0.05) is 21.1 Å². The average Bonchev–Trinajstić information content (AvgIpc) is 2.26. The Balaban J connectivity index is 2.83. The van der Waals surface area contributed by atoms with Crippen LogP contribution in [0, 0.1) is 5.82 Å². The van der Waals surface area contributed by atoms with Gasteiger partial charge in [-0.25, -0.2) is 4.39 Å². The third-order valence-corrected chi connectivity index (χ3v) is 2.49. The van der Waals surface area contributed by atoms with Crippen LogP contribution in [0.2, 0.25) is 0 Å². The summed E-state index contributed by atoms with van der Waals surface area (Å²) in [6.45, 7) is 1.54. The van der Waals surface area contributed by atoms with Crippen molar-refractivity contribution in [3.05, 3.63) is 34.1 Å². The second-order valence-electron chi connectivity index (χ2n) is 3.38. The topological polar surface area (TPSA) is 87.7 Å². The summed E-state index contributed by atoms with van der Waals surface area (Å²) in [7, 11) is 0. The molecule has 0 fully saturated rings. The lowest BCUT2D eigenvalue weighted by atomic mass is 10.2. The Kier molecular flexibility index (Phi) is 4.45. The van der Waals surface area contributed by atoms with Crippen molar-refractivity contribution >= 4 is 27.7 Å². The summed E-state index contributed by atoms with van der Waals surface area (Å²) in [4.78, 5) is 11.7. The van der Waals surface area contributed by atoms with Gasteiger partial charge in [-0.3, -0.25) is 4.79 Å². The van der Waals surface area contributed by atoms with E-state index < -0.39 is 17.8 Å². The third-order valence-electron chi connectivity index (χ3n) is 2.03. The van der Waals surface area contributed by atoms with E-state index in [2.05, 4.69) is 26.4 Å². The maximum atomic E-state index is 13.1. The number of hydrogen-bond acceptors (Lipinski definition) is 3. The van der Waals surface area contributed by atoms with Crippen LogP contribution in [0.5, 0.6) is 0 Å². The van der Waals surface area contributed by atoms with E-state index in [0.29, 0.717) is 4.47 Å². The molecule has 1 amide bonds. The van der Waals surface area contributed by atoms with E-state index in [-0.39, 0.29) is 11.4 Å². The van der Waals surface area contributed by atoms with Crippen molar-refractivity contribution in [3.63, 3.8) is 0 Å². The Labute approximate surface area is 106 Å². The van der Waals surface area contributed by atoms with Gasteiger partial charge in [0.1, 0.15) is 5.82 Å². The Morgan fingerprint density at radius 2 is 2.24 bits per heavy atom. The predicted octanol–water partition coefficient (Wildman–Crippen LogP) is 1.45. The Morgan fingerprint density at radius 1 is 1.59 bits per heavy atom. The lowest BCUT2D eigenvalue weighted by Gasteiger charge is -2.12. The Morgan fingerprint density at radius 3 is 2.76 bits per heavy atom. The quantitative estimate of drug-likeness (QED) is 0.342. The van der Waals surface area contributed by atoms with Crippen LogP contribution in [0.4, 0.5) is 4.39 Å². The number of nitrogens with two attached hydrogens (primary N) is 1. The average molecular weight is 304 g/mol. The molecule has 0 aliphatic rings. The summed E-state index contributed by atoms with van der Waals surface area (Å²) in [6, 6.07) is 3.16. The molecule has 0 bridgehead atoms. The monoisotopic (exact) mass is 303 g/mol. The number of amides is 1. The van der Waals surface area contributed by atoms with Gasteiger partial charge in [0.25, 0.3) is 5.91 Å². The summed E-state index contributed by atoms with van der Waals surface area (Å²) in [5.74, 6) is -1.17. The van der Waals surface area contributed by atoms with Crippen LogP contribution < -0.4 is 11.1 Å². The molecule has 1 aromatic rings. The fourth-order valence-corrected chi connectivity index (χ4v) is 1.59. The second-order valence-corrected chi connectivity index (χ2v) is 4.29. The molecule has 4 N–H and O–H groups in total. The smallest absolute Gasteiger partial charge is 0.252 e. The van der Waals surface area contributed by atoms with Gasteiger partial charge in [0.15, 0.2) is 5.84 Å². The molecule has 0 spiro atoms. The van der Waals surface area contributed by atoms with E-state index in [9.17, 15) is 9.18 Å². The zero-order chi connectivity index (χ0) is 13.0. The Bertz CT molecular complexity index is 445. The zero-order valence-corrected chi connectivity index (χ0v) is 10.5. The highest BCUT2D eigenvalue weighted by molar-refractivity contribution is 9.10. The van der Waals surface area contributed by atoms with Crippen molar-refractivity contribution in [3.8, 4) is 0 Å². The highest BCUT2D eigenvalue weighted by Gasteiger charge is 2.14. The van der Waals surface area contributed by atoms with Gasteiger partial charge >= 0.3 is 0 Å². The first-order valence-corrected chi connectivity index (χ1v) is 5.47. The van der Waals surface area contributed by atoms with Gasteiger partial charge in [-0.05, 0) is 25.1 Å². The standard InChI is InChI=1S/C10H11BrFN3O2/c1-5(9(13)15-17)14-10(16)6-2-7(11)4-8(12)3-6/h2-5,17H,1H3,(H2,13,15)(H,14,16). The molecule has 0 aliphatic heterocycles. The van der Waals surface area contributed by atoms with Crippen LogP contribution in [-0.4, -0.2) is 23.0 Å². The van der Waals surface area contributed by atoms with Crippen LogP contribution in [0.3, 0.4) is 0 Å². The lowest BCUT2D eigenvalue weighted by Crippen LogP contribution is -2.42. The van der Waals surface area contributed by atoms with Gasteiger partial charge in [-0.2, -0.15) is 0 Å². The minimum atomic E-state index is -0.644. The summed E-state index contributed by atoms with van der Waals surface area (Å²) < 4.78 is 13.5. The molecular formula is C10H11BrFN3O2. The van der Waals surface area contributed by atoms with Gasteiger partial charge < -0.3 is 16.3 Å². The van der Waals surface area contributed by atoms with Crippen molar-refractivity contribution in [2.75, 3.05) is 0 Å². The molecule has 92 valence electrons. The SMILES string of the molecule is CC(NC(=O)c1cc(F)cc(Br)c1)/C(N)=N/O. The van der Waals surface area contributed by atoms with Gasteiger partial charge in [0, 0.05) is 10.0 Å². The van der Waals surface area contributed by atoms with E-state index in [1.807, 2.05) is 0 Å². The molecule has 1 rings (SSSR count). The molecule has 17 heavy (non-hydrogen) atoms. The van der Waals surface area contributed by atoms with Crippen molar-refractivity contribution in [2.24, 2.45) is 10.9 Å². The number of halogens is 2. The first-order chi connectivity index (χ1) is 7.93. The molecule has 0 radical (unpaired) electrons. The minimum Gasteiger partial charge on any atom is -0.409 e. The third kappa shape index (κ3) is 3.70. The number of hydrogen-bond donors (Lipinski definition) is 3. The molecule has 0 saturated heterocycles. The van der Waals surface area contributed by atoms with Crippen LogP contribution in [0.25, 0.3) is 0 Å². The minimum absolute atomic E-state index is 0.131. The number of benzene rings is 1. The maximum Gasteiger partial charge on any atom is 0.252 e. The summed E-state index contributed by atoms with van der Waals surface area (Å²) >= 11 is 3.08. The normalized spacial score (nSPS) is 13.2. The summed E-state index contributed by atoms with van der Waals surface area (Å²) in [5, 5.41) is 13.6. The van der Waals surface area contributed by atoms with E-state index in [1.165, 1.54) is 12.1 Å². The number of nitrogens with zero attached hydrogens (tertiary/aromatic N) is 1. The molecule has 1 aromatic carbocycles. The molecule has 1 unspecified atom stereocenters. The fourth-order valence-electron chi connectivity index (χ4n) is 1.13. The van der Waals surface area contributed by atoms with E-state index in [0.717, 1.165) is 6.07 Å². The molecule has 0 heterocycles. The lowest BCUT2D eigenvalue weighted by molar-refractivity contribution is 0.0948. The first kappa shape index (κ1) is 13.4. The highest BCUT2D eigenvalue weighted by atomic mass is 79.9. The van der Waals surface area contributed by atoms with Crippen molar-refractivity contribution in [2.45, 2.75) is 13.0 Å². The molecular weight excluding hydrogens is 293 g/mol. The van der Waals surface area contributed by atoms with Crippen LogP contribution in [-0.2, 0) is 0 Å². The van der Waals surface area contributed by atoms with E-state index in [1.54, 1.807) is 6.92 Å². The number of carbonyl (C=O) groups excluding carboxylic acids is 1. The Hall–Kier alpha value is -1.63. The number of rotatable bonds is 3. The molecule has 0 aromatic heterocycles. The van der Waals surface area contributed by atoms with Gasteiger partial charge in [-0.15, -0.1) is 0 Å². The van der Waals surface area contributed by atoms with Crippen LogP contribution >= 0.6 is 15.9 Å². The maximum absolute atomic E-state index is 13.1. The van der Waals surface area contributed by atoms with E-state index in [4.69, 9.17) is 10.9 Å². The predicted molar refractivity (Wildman–Crippen MR) is 64.4 cm³/mol. The number of oxime groups is 1. The first-order valence-electron chi connectivity index (χ1n) is 4.68. The fraction of sp³-hybridized carbons (Fsp3) is 0.200. The number of amidine groups is 1. The summed E-state index contributed by atoms with van der Waals surface area (Å²) in [6.07, 6.45) is 0. The second kappa shape index (κ2) is 5.62. The largest absolute Gasteiger partial charge is 0.409 e. The molecule has 5 nitrogen and oxygen atoms in total. The summed E-state index contributed by atoms with van der Waals surface area (Å²) in [5.41, 5.74) is 5.45. The highest BCUT2D eigenvalue weighted by Crippen LogP contribution is 2.14. The van der Waals surface area contributed by atoms with Crippen molar-refractivity contribution in [1.29, 1.82) is 0 Å². The number of nitrogens with one attached hydrogen (secondary N) is 1. The molecule has 0 aliphatic carbocycles. The van der Waals surface area contributed by atoms with Crippen molar-refractivity contribution < 1.29 is 14.4 Å². The van der Waals surface area contributed by atoms with Crippen LogP contribution in [0.1, 0.15) is 17.3 Å². The number of carbonyl (C=O) groups is 1. The molecule has 1 atom stereocenters. The van der Waals surface area contributed by atoms with Crippen molar-refractivity contribution in [1.82, 2.24) is 5.32 Å². The molecule has 7 heteroatoms. The van der Waals surface area contributed by atoms with Gasteiger partial charge in [0.2, 0.25) is 0 Å². The molecule has 0 saturated carbocycles. The zero-order valence-electron chi connectivity index (χ0n) is 8.95. The van der Waals surface area contributed by atoms with E-state index >= 15 is 0 Å². The van der Waals surface area contributed by atoms with Gasteiger partial charge in [0.05, 0.1) is 6.04 Å². The van der Waals surface area contributed by atoms with Crippen LogP contribution in [0.15, 0.2) is 27.8 Å².